The number of pyridine rings is 1. The van der Waals surface area contributed by atoms with E-state index in [1.807, 2.05) is 19.3 Å². The Morgan fingerprint density at radius 1 is 1.21 bits per heavy atom. The highest BCUT2D eigenvalue weighted by Gasteiger charge is 2.20. The van der Waals surface area contributed by atoms with Gasteiger partial charge in [0.15, 0.2) is 0 Å². The number of nitrogens with zero attached hydrogens (tertiary/aromatic N) is 2. The van der Waals surface area contributed by atoms with Crippen LogP contribution >= 0.6 is 0 Å². The average Bonchev–Trinajstić information content (AvgIpc) is 2.48. The quantitative estimate of drug-likeness (QED) is 0.692. The number of H-pyrrole nitrogens is 1. The molecule has 2 aromatic heterocycles. The molecular formula is C11H15N3. The van der Waals surface area contributed by atoms with Gasteiger partial charge in [-0.1, -0.05) is 20.8 Å². The molecule has 2 heterocycles. The summed E-state index contributed by atoms with van der Waals surface area (Å²) in [6.07, 6.45) is 3.72. The average molecular weight is 189 g/mol. The van der Waals surface area contributed by atoms with Gasteiger partial charge in [0.25, 0.3) is 0 Å². The molecule has 14 heavy (non-hydrogen) atoms. The molecule has 0 saturated heterocycles. The highest BCUT2D eigenvalue weighted by atomic mass is 15.1. The Bertz CT molecular complexity index is 463. The van der Waals surface area contributed by atoms with E-state index in [-0.39, 0.29) is 5.41 Å². The fourth-order valence-electron chi connectivity index (χ4n) is 1.96. The van der Waals surface area contributed by atoms with Gasteiger partial charge in [-0.25, -0.2) is 0 Å². The predicted octanol–water partition coefficient (Wildman–Crippen LogP) is 2.56. The van der Waals surface area contributed by atoms with Crippen LogP contribution in [0.15, 0.2) is 12.4 Å². The van der Waals surface area contributed by atoms with Crippen molar-refractivity contribution in [3.63, 3.8) is 0 Å². The highest BCUT2D eigenvalue weighted by molar-refractivity contribution is 5.82. The molecule has 0 amide bonds. The van der Waals surface area contributed by atoms with E-state index in [1.165, 1.54) is 10.9 Å². The van der Waals surface area contributed by atoms with E-state index in [4.69, 9.17) is 0 Å². The highest BCUT2D eigenvalue weighted by Crippen LogP contribution is 2.30. The molecule has 0 unspecified atom stereocenters. The molecule has 74 valence electrons. The van der Waals surface area contributed by atoms with Crippen molar-refractivity contribution in [1.29, 1.82) is 0 Å². The molecule has 0 aliphatic carbocycles. The minimum Gasteiger partial charge on any atom is -0.276 e. The number of aromatic nitrogens is 3. The molecule has 0 atom stereocenters. The lowest BCUT2D eigenvalue weighted by atomic mass is 9.84. The molecule has 1 N–H and O–H groups in total. The van der Waals surface area contributed by atoms with E-state index in [0.29, 0.717) is 0 Å². The first-order chi connectivity index (χ1) is 6.50. The second kappa shape index (κ2) is 2.80. The molecule has 3 heteroatoms. The van der Waals surface area contributed by atoms with Crippen molar-refractivity contribution < 1.29 is 0 Å². The van der Waals surface area contributed by atoms with Crippen LogP contribution in [0.4, 0.5) is 0 Å². The van der Waals surface area contributed by atoms with Gasteiger partial charge in [-0.3, -0.25) is 10.1 Å². The summed E-state index contributed by atoms with van der Waals surface area (Å²) in [6.45, 7) is 8.64. The molecule has 2 rings (SSSR count). The zero-order valence-electron chi connectivity index (χ0n) is 9.05. The number of aryl methyl sites for hydroxylation is 1. The SMILES string of the molecule is Cc1ncc2[nH]ncc2c1C(C)(C)C. The molecule has 2 aromatic rings. The monoisotopic (exact) mass is 189 g/mol. The zero-order valence-corrected chi connectivity index (χ0v) is 9.05. The Hall–Kier alpha value is -1.38. The molecular weight excluding hydrogens is 174 g/mol. The fourth-order valence-corrected chi connectivity index (χ4v) is 1.96. The Kier molecular flexibility index (Phi) is 1.84. The van der Waals surface area contributed by atoms with Crippen molar-refractivity contribution in [2.45, 2.75) is 33.1 Å². The van der Waals surface area contributed by atoms with Gasteiger partial charge in [-0.2, -0.15) is 5.10 Å². The summed E-state index contributed by atoms with van der Waals surface area (Å²) >= 11 is 0. The summed E-state index contributed by atoms with van der Waals surface area (Å²) in [4.78, 5) is 4.37. The van der Waals surface area contributed by atoms with E-state index in [1.54, 1.807) is 0 Å². The minimum atomic E-state index is 0.112. The Morgan fingerprint density at radius 2 is 1.93 bits per heavy atom. The van der Waals surface area contributed by atoms with Crippen molar-refractivity contribution >= 4 is 10.9 Å². The van der Waals surface area contributed by atoms with E-state index in [2.05, 4.69) is 36.0 Å². The van der Waals surface area contributed by atoms with E-state index < -0.39 is 0 Å². The van der Waals surface area contributed by atoms with Gasteiger partial charge in [-0.15, -0.1) is 0 Å². The first-order valence-corrected chi connectivity index (χ1v) is 4.79. The fraction of sp³-hybridized carbons (Fsp3) is 0.455. The van der Waals surface area contributed by atoms with Crippen molar-refractivity contribution in [1.82, 2.24) is 15.2 Å². The third kappa shape index (κ3) is 1.29. The Balaban J connectivity index is 2.83. The summed E-state index contributed by atoms with van der Waals surface area (Å²) in [5, 5.41) is 8.18. The molecule has 0 bridgehead atoms. The van der Waals surface area contributed by atoms with Crippen LogP contribution in [-0.2, 0) is 5.41 Å². The lowest BCUT2D eigenvalue weighted by Crippen LogP contribution is -2.14. The number of hydrogen-bond donors (Lipinski definition) is 1. The van der Waals surface area contributed by atoms with Gasteiger partial charge < -0.3 is 0 Å². The summed E-state index contributed by atoms with van der Waals surface area (Å²) in [5.41, 5.74) is 3.50. The minimum absolute atomic E-state index is 0.112. The largest absolute Gasteiger partial charge is 0.276 e. The van der Waals surface area contributed by atoms with Crippen LogP contribution in [0.5, 0.6) is 0 Å². The van der Waals surface area contributed by atoms with Crippen LogP contribution < -0.4 is 0 Å². The summed E-state index contributed by atoms with van der Waals surface area (Å²) < 4.78 is 0. The van der Waals surface area contributed by atoms with Crippen LogP contribution in [0, 0.1) is 6.92 Å². The maximum Gasteiger partial charge on any atom is 0.0836 e. The summed E-state index contributed by atoms with van der Waals surface area (Å²) in [5.74, 6) is 0. The van der Waals surface area contributed by atoms with Crippen molar-refractivity contribution in [3.8, 4) is 0 Å². The number of aromatic amines is 1. The lowest BCUT2D eigenvalue weighted by molar-refractivity contribution is 0.588. The van der Waals surface area contributed by atoms with E-state index in [9.17, 15) is 0 Å². The molecule has 0 radical (unpaired) electrons. The maximum absolute atomic E-state index is 4.37. The molecule has 0 spiro atoms. The van der Waals surface area contributed by atoms with E-state index >= 15 is 0 Å². The number of hydrogen-bond acceptors (Lipinski definition) is 2. The zero-order chi connectivity index (χ0) is 10.3. The second-order valence-electron chi connectivity index (χ2n) is 4.67. The number of fused-ring (bicyclic) bond motifs is 1. The molecule has 0 aliphatic rings. The van der Waals surface area contributed by atoms with Crippen LogP contribution in [0.1, 0.15) is 32.0 Å². The van der Waals surface area contributed by atoms with Gasteiger partial charge in [0.05, 0.1) is 17.9 Å². The topological polar surface area (TPSA) is 41.6 Å². The van der Waals surface area contributed by atoms with Gasteiger partial charge in [0.1, 0.15) is 0 Å². The van der Waals surface area contributed by atoms with Gasteiger partial charge in [0, 0.05) is 11.1 Å². The molecule has 3 nitrogen and oxygen atoms in total. The normalized spacial score (nSPS) is 12.3. The Labute approximate surface area is 83.6 Å². The molecule has 0 saturated carbocycles. The maximum atomic E-state index is 4.37. The van der Waals surface area contributed by atoms with Crippen molar-refractivity contribution in [2.24, 2.45) is 0 Å². The number of nitrogens with one attached hydrogen (secondary N) is 1. The smallest absolute Gasteiger partial charge is 0.0836 e. The lowest BCUT2D eigenvalue weighted by Gasteiger charge is -2.21. The van der Waals surface area contributed by atoms with Gasteiger partial charge in [0.2, 0.25) is 0 Å². The third-order valence-electron chi connectivity index (χ3n) is 2.44. The summed E-state index contributed by atoms with van der Waals surface area (Å²) in [6, 6.07) is 0. The Morgan fingerprint density at radius 3 is 2.57 bits per heavy atom. The standard InChI is InChI=1S/C11H15N3/c1-7-10(11(2,3)4)8-5-13-14-9(8)6-12-7/h5-6H,1-4H3,(H,13,14). The first-order valence-electron chi connectivity index (χ1n) is 4.79. The molecule has 0 aromatic carbocycles. The van der Waals surface area contributed by atoms with Crippen LogP contribution in [0.25, 0.3) is 10.9 Å². The van der Waals surface area contributed by atoms with Crippen LogP contribution in [0.2, 0.25) is 0 Å². The summed E-state index contributed by atoms with van der Waals surface area (Å²) in [7, 11) is 0. The van der Waals surface area contributed by atoms with Gasteiger partial charge >= 0.3 is 0 Å². The number of rotatable bonds is 0. The van der Waals surface area contributed by atoms with Crippen molar-refractivity contribution in [3.05, 3.63) is 23.7 Å². The van der Waals surface area contributed by atoms with E-state index in [0.717, 1.165) is 11.2 Å². The van der Waals surface area contributed by atoms with Crippen LogP contribution in [-0.4, -0.2) is 15.2 Å². The first kappa shape index (κ1) is 9.19. The second-order valence-corrected chi connectivity index (χ2v) is 4.67. The predicted molar refractivity (Wildman–Crippen MR) is 57.3 cm³/mol. The molecule has 0 fully saturated rings. The van der Waals surface area contributed by atoms with Crippen molar-refractivity contribution in [2.75, 3.05) is 0 Å². The van der Waals surface area contributed by atoms with Crippen LogP contribution in [0.3, 0.4) is 0 Å². The third-order valence-corrected chi connectivity index (χ3v) is 2.44. The van der Waals surface area contributed by atoms with Gasteiger partial charge in [-0.05, 0) is 17.9 Å². The molecule has 0 aliphatic heterocycles.